The molecule has 1 aromatic carbocycles. The van der Waals surface area contributed by atoms with Gasteiger partial charge in [0, 0.05) is 0 Å². The Balaban J connectivity index is 2.47. The second kappa shape index (κ2) is 3.10. The molecule has 0 radical (unpaired) electrons. The Hall–Kier alpha value is -1.91. The summed E-state index contributed by atoms with van der Waals surface area (Å²) in [4.78, 5) is 0. The third kappa shape index (κ3) is 1.44. The lowest BCUT2D eigenvalue weighted by Gasteiger charge is -2.01. The molecule has 2 rings (SSSR count). The number of halogens is 1. The molecule has 2 aromatic rings. The first kappa shape index (κ1) is 8.68. The van der Waals surface area contributed by atoms with Crippen molar-refractivity contribution < 1.29 is 4.39 Å². The Bertz CT molecular complexity index is 464. The fourth-order valence-electron chi connectivity index (χ4n) is 1.13. The average Bonchev–Trinajstić information content (AvgIpc) is 2.57. The second-order valence-corrected chi connectivity index (χ2v) is 3.02. The number of aryl methyl sites for hydroxylation is 1. The highest BCUT2D eigenvalue weighted by Crippen LogP contribution is 2.12. The highest BCUT2D eigenvalue weighted by molar-refractivity contribution is 5.36. The summed E-state index contributed by atoms with van der Waals surface area (Å²) in [6.07, 6.45) is 1.53. The molecule has 1 aromatic heterocycles. The van der Waals surface area contributed by atoms with Gasteiger partial charge in [-0.05, 0) is 24.6 Å². The third-order valence-electron chi connectivity index (χ3n) is 1.93. The summed E-state index contributed by atoms with van der Waals surface area (Å²) in [5.74, 6) is 0.0440. The van der Waals surface area contributed by atoms with E-state index >= 15 is 0 Å². The normalized spacial score (nSPS) is 10.4. The van der Waals surface area contributed by atoms with Crippen LogP contribution in [0.15, 0.2) is 24.4 Å². The lowest BCUT2D eigenvalue weighted by molar-refractivity contribution is 0.615. The van der Waals surface area contributed by atoms with Gasteiger partial charge in [-0.2, -0.15) is 0 Å². The van der Waals surface area contributed by atoms with Crippen molar-refractivity contribution in [2.24, 2.45) is 0 Å². The molecule has 5 heteroatoms. The molecule has 2 N–H and O–H groups in total. The van der Waals surface area contributed by atoms with Crippen molar-refractivity contribution in [3.63, 3.8) is 0 Å². The monoisotopic (exact) mass is 192 g/mol. The number of benzene rings is 1. The number of hydrogen-bond acceptors (Lipinski definition) is 3. The van der Waals surface area contributed by atoms with E-state index in [9.17, 15) is 4.39 Å². The molecule has 0 atom stereocenters. The molecule has 0 bridgehead atoms. The van der Waals surface area contributed by atoms with Crippen molar-refractivity contribution in [1.29, 1.82) is 0 Å². The molecule has 0 saturated carbocycles. The van der Waals surface area contributed by atoms with Crippen LogP contribution in [-0.2, 0) is 0 Å². The van der Waals surface area contributed by atoms with Crippen LogP contribution in [0.2, 0.25) is 0 Å². The van der Waals surface area contributed by atoms with E-state index in [-0.39, 0.29) is 5.82 Å². The first-order chi connectivity index (χ1) is 6.66. The highest BCUT2D eigenvalue weighted by Gasteiger charge is 2.02. The van der Waals surface area contributed by atoms with E-state index in [2.05, 4.69) is 10.3 Å². The van der Waals surface area contributed by atoms with Crippen LogP contribution < -0.4 is 5.73 Å². The molecule has 1 heterocycles. The smallest absolute Gasteiger partial charge is 0.166 e. The van der Waals surface area contributed by atoms with Gasteiger partial charge >= 0.3 is 0 Å². The molecular weight excluding hydrogens is 183 g/mol. The zero-order valence-electron chi connectivity index (χ0n) is 7.61. The van der Waals surface area contributed by atoms with E-state index in [1.165, 1.54) is 16.9 Å². The maximum absolute atomic E-state index is 13.2. The van der Waals surface area contributed by atoms with Gasteiger partial charge in [-0.15, -0.1) is 5.10 Å². The van der Waals surface area contributed by atoms with Crippen LogP contribution in [0.25, 0.3) is 5.69 Å². The molecule has 72 valence electrons. The van der Waals surface area contributed by atoms with Crippen molar-refractivity contribution in [2.75, 3.05) is 5.73 Å². The van der Waals surface area contributed by atoms with Crippen LogP contribution in [0, 0.1) is 12.7 Å². The SMILES string of the molecule is Cc1ccc(-n2cc(N)nn2)cc1F. The molecular formula is C9H9FN4. The molecule has 0 aliphatic carbocycles. The number of nitrogens with zero attached hydrogens (tertiary/aromatic N) is 3. The van der Waals surface area contributed by atoms with Crippen molar-refractivity contribution in [1.82, 2.24) is 15.0 Å². The molecule has 4 nitrogen and oxygen atoms in total. The summed E-state index contributed by atoms with van der Waals surface area (Å²) in [6, 6.07) is 4.83. The van der Waals surface area contributed by atoms with E-state index in [1.54, 1.807) is 19.1 Å². The zero-order valence-corrected chi connectivity index (χ0v) is 7.61. The Morgan fingerprint density at radius 1 is 1.43 bits per heavy atom. The average molecular weight is 192 g/mol. The summed E-state index contributed by atoms with van der Waals surface area (Å²) >= 11 is 0. The molecule has 0 fully saturated rings. The Labute approximate surface area is 80.2 Å². The second-order valence-electron chi connectivity index (χ2n) is 3.02. The fraction of sp³-hybridized carbons (Fsp3) is 0.111. The van der Waals surface area contributed by atoms with Crippen LogP contribution in [0.5, 0.6) is 0 Å². The van der Waals surface area contributed by atoms with Crippen molar-refractivity contribution in [2.45, 2.75) is 6.92 Å². The number of nitrogen functional groups attached to an aromatic ring is 1. The van der Waals surface area contributed by atoms with E-state index in [0.717, 1.165) is 0 Å². The summed E-state index contributed by atoms with van der Waals surface area (Å²) in [7, 11) is 0. The molecule has 0 aliphatic heterocycles. The Morgan fingerprint density at radius 2 is 2.21 bits per heavy atom. The molecule has 0 unspecified atom stereocenters. The van der Waals surface area contributed by atoms with Gasteiger partial charge in [0.2, 0.25) is 0 Å². The first-order valence-electron chi connectivity index (χ1n) is 4.11. The minimum atomic E-state index is -0.267. The van der Waals surface area contributed by atoms with E-state index in [0.29, 0.717) is 17.1 Å². The zero-order chi connectivity index (χ0) is 10.1. The summed E-state index contributed by atoms with van der Waals surface area (Å²) in [6.45, 7) is 1.70. The summed E-state index contributed by atoms with van der Waals surface area (Å²) < 4.78 is 14.6. The van der Waals surface area contributed by atoms with Crippen LogP contribution >= 0.6 is 0 Å². The predicted octanol–water partition coefficient (Wildman–Crippen LogP) is 1.30. The van der Waals surface area contributed by atoms with Crippen LogP contribution in [-0.4, -0.2) is 15.0 Å². The van der Waals surface area contributed by atoms with Crippen LogP contribution in [0.4, 0.5) is 10.2 Å². The molecule has 0 spiro atoms. The van der Waals surface area contributed by atoms with Crippen LogP contribution in [0.3, 0.4) is 0 Å². The molecule has 0 aliphatic rings. The standard InChI is InChI=1S/C9H9FN4/c1-6-2-3-7(4-8(6)10)14-5-9(11)12-13-14/h2-5H,11H2,1H3. The van der Waals surface area contributed by atoms with Gasteiger partial charge in [-0.25, -0.2) is 9.07 Å². The highest BCUT2D eigenvalue weighted by atomic mass is 19.1. The van der Waals surface area contributed by atoms with Gasteiger partial charge < -0.3 is 5.73 Å². The maximum Gasteiger partial charge on any atom is 0.166 e. The van der Waals surface area contributed by atoms with Crippen LogP contribution in [0.1, 0.15) is 5.56 Å². The minimum absolute atomic E-state index is 0.267. The number of nitrogens with two attached hydrogens (primary N) is 1. The van der Waals surface area contributed by atoms with Crippen molar-refractivity contribution >= 4 is 5.82 Å². The maximum atomic E-state index is 13.2. The van der Waals surface area contributed by atoms with Gasteiger partial charge in [0.15, 0.2) is 5.82 Å². The van der Waals surface area contributed by atoms with Gasteiger partial charge in [-0.1, -0.05) is 11.3 Å². The number of rotatable bonds is 1. The van der Waals surface area contributed by atoms with E-state index < -0.39 is 0 Å². The lowest BCUT2D eigenvalue weighted by Crippen LogP contribution is -1.96. The van der Waals surface area contributed by atoms with Gasteiger partial charge in [0.1, 0.15) is 5.82 Å². The summed E-state index contributed by atoms with van der Waals surface area (Å²) in [5.41, 5.74) is 6.60. The first-order valence-corrected chi connectivity index (χ1v) is 4.11. The molecule has 0 saturated heterocycles. The Morgan fingerprint density at radius 3 is 2.79 bits per heavy atom. The fourth-order valence-corrected chi connectivity index (χ4v) is 1.13. The molecule has 0 amide bonds. The van der Waals surface area contributed by atoms with Gasteiger partial charge in [-0.3, -0.25) is 0 Å². The van der Waals surface area contributed by atoms with Gasteiger partial charge in [0.25, 0.3) is 0 Å². The summed E-state index contributed by atoms with van der Waals surface area (Å²) in [5, 5.41) is 7.35. The Kier molecular flexibility index (Phi) is 1.92. The lowest BCUT2D eigenvalue weighted by atomic mass is 10.2. The van der Waals surface area contributed by atoms with E-state index in [1.807, 2.05) is 0 Å². The molecule has 14 heavy (non-hydrogen) atoms. The van der Waals surface area contributed by atoms with Crippen molar-refractivity contribution in [3.05, 3.63) is 35.8 Å². The minimum Gasteiger partial charge on any atom is -0.381 e. The van der Waals surface area contributed by atoms with Gasteiger partial charge in [0.05, 0.1) is 11.9 Å². The number of anilines is 1. The van der Waals surface area contributed by atoms with Crippen molar-refractivity contribution in [3.8, 4) is 5.69 Å². The third-order valence-corrected chi connectivity index (χ3v) is 1.93. The topological polar surface area (TPSA) is 56.7 Å². The largest absolute Gasteiger partial charge is 0.381 e. The number of hydrogen-bond donors (Lipinski definition) is 1. The predicted molar refractivity (Wildman–Crippen MR) is 50.5 cm³/mol. The quantitative estimate of drug-likeness (QED) is 0.740. The number of aromatic nitrogens is 3. The van der Waals surface area contributed by atoms with E-state index in [4.69, 9.17) is 5.73 Å².